The van der Waals surface area contributed by atoms with Gasteiger partial charge in [0.15, 0.2) is 0 Å². The van der Waals surface area contributed by atoms with E-state index in [1.54, 1.807) is 12.1 Å². The second-order valence-electron chi connectivity index (χ2n) is 20.6. The van der Waals surface area contributed by atoms with Crippen molar-refractivity contribution in [1.29, 1.82) is 0 Å². The molecule has 0 spiro atoms. The third kappa shape index (κ3) is 9.11. The van der Waals surface area contributed by atoms with Crippen molar-refractivity contribution in [1.82, 2.24) is 29.6 Å². The van der Waals surface area contributed by atoms with E-state index < -0.39 is 0 Å². The number of likely N-dealkylation sites (tertiary alicyclic amines) is 2. The number of fused-ring (bicyclic) bond motifs is 2. The summed E-state index contributed by atoms with van der Waals surface area (Å²) < 4.78 is 0. The van der Waals surface area contributed by atoms with Crippen LogP contribution in [0.2, 0.25) is 0 Å². The van der Waals surface area contributed by atoms with Gasteiger partial charge in [0.2, 0.25) is 22.9 Å². The molecule has 10 heteroatoms. The topological polar surface area (TPSA) is 113 Å². The lowest BCUT2D eigenvalue weighted by Gasteiger charge is -2.59. The molecule has 4 heterocycles. The number of carbonyl (C=O) groups is 2. The van der Waals surface area contributed by atoms with Crippen molar-refractivity contribution in [3.05, 3.63) is 90.8 Å². The Labute approximate surface area is 371 Å². The Hall–Kier alpha value is -3.76. The molecule has 0 saturated carbocycles. The Balaban J connectivity index is 0.673. The molecule has 8 rings (SSSR count). The quantitative estimate of drug-likeness (QED) is 0.109. The number of hydrogen-bond donors (Lipinski definition) is 2. The maximum absolute atomic E-state index is 14.0. The van der Waals surface area contributed by atoms with Crippen LogP contribution in [-0.2, 0) is 33.5 Å². The van der Waals surface area contributed by atoms with Crippen molar-refractivity contribution >= 4 is 11.8 Å². The number of aromatic nitrogens is 2. The largest absolute Gasteiger partial charge is 0.332 e. The number of H-pyrrole nitrogens is 2. The molecular formula is C52H76N6O4. The van der Waals surface area contributed by atoms with Crippen LogP contribution in [0.15, 0.2) is 57.2 Å². The molecule has 0 unspecified atom stereocenters. The van der Waals surface area contributed by atoms with E-state index in [4.69, 9.17) is 0 Å². The number of pyridine rings is 2. The van der Waals surface area contributed by atoms with Crippen molar-refractivity contribution in [2.24, 2.45) is 23.7 Å². The lowest BCUT2D eigenvalue weighted by Crippen LogP contribution is -2.62. The van der Waals surface area contributed by atoms with Gasteiger partial charge in [-0.05, 0) is 152 Å². The van der Waals surface area contributed by atoms with Gasteiger partial charge in [-0.2, -0.15) is 0 Å². The van der Waals surface area contributed by atoms with E-state index in [2.05, 4.69) is 69.7 Å². The first-order valence-electron chi connectivity index (χ1n) is 24.8. The molecule has 2 aromatic heterocycles. The zero-order valence-electron chi connectivity index (χ0n) is 38.6. The maximum atomic E-state index is 14.0. The molecule has 2 saturated heterocycles. The van der Waals surface area contributed by atoms with Gasteiger partial charge in [0.1, 0.15) is 0 Å². The Kier molecular flexibility index (Phi) is 14.1. The number of nitrogens with zero attached hydrogens (tertiary/aromatic N) is 4. The average molecular weight is 849 g/mol. The average Bonchev–Trinajstić information content (AvgIpc) is 3.23. The SMILES string of the molecule is CC1=C[C@@H]2Cc3[nH]c(=O)ccc3[C@]3(C1)[C@@H]2CCCN3C(=O)CCN(C)CCCCCCCCCCCCN(C)CCC(=O)N1CCC[C@@H]2[C@@H]3C=C(C)C[C@@]21c1ccc(=O)[nH]c1C3. The smallest absolute Gasteiger partial charge is 0.248 e. The second-order valence-corrected chi connectivity index (χ2v) is 20.6. The molecule has 4 bridgehead atoms. The van der Waals surface area contributed by atoms with Crippen LogP contribution in [0.5, 0.6) is 0 Å². The summed E-state index contributed by atoms with van der Waals surface area (Å²) in [5.41, 5.74) is 6.46. The minimum atomic E-state index is -0.320. The molecule has 4 aliphatic carbocycles. The van der Waals surface area contributed by atoms with E-state index in [1.807, 2.05) is 12.1 Å². The van der Waals surface area contributed by atoms with Crippen molar-refractivity contribution < 1.29 is 9.59 Å². The number of carbonyl (C=O) groups excluding carboxylic acids is 2. The first-order valence-corrected chi connectivity index (χ1v) is 24.8. The highest BCUT2D eigenvalue weighted by atomic mass is 16.2. The molecule has 6 aliphatic rings. The summed E-state index contributed by atoms with van der Waals surface area (Å²) in [6.45, 7) is 9.70. The number of amides is 2. The molecule has 0 radical (unpaired) electrons. The molecule has 10 nitrogen and oxygen atoms in total. The van der Waals surface area contributed by atoms with Gasteiger partial charge >= 0.3 is 0 Å². The number of nitrogens with one attached hydrogen (secondary N) is 2. The van der Waals surface area contributed by atoms with Crippen molar-refractivity contribution in [2.45, 2.75) is 153 Å². The molecule has 338 valence electrons. The summed E-state index contributed by atoms with van der Waals surface area (Å²) in [5.74, 6) is 2.15. The zero-order valence-corrected chi connectivity index (χ0v) is 38.6. The fourth-order valence-electron chi connectivity index (χ4n) is 13.6. The molecular weight excluding hydrogens is 773 g/mol. The van der Waals surface area contributed by atoms with E-state index in [9.17, 15) is 19.2 Å². The van der Waals surface area contributed by atoms with Gasteiger partial charge in [-0.15, -0.1) is 0 Å². The number of rotatable bonds is 19. The van der Waals surface area contributed by atoms with Gasteiger partial charge in [-0.25, -0.2) is 0 Å². The summed E-state index contributed by atoms with van der Waals surface area (Å²) in [5, 5.41) is 0. The Morgan fingerprint density at radius 3 is 1.39 bits per heavy atom. The van der Waals surface area contributed by atoms with E-state index in [-0.39, 0.29) is 34.0 Å². The summed E-state index contributed by atoms with van der Waals surface area (Å²) in [6.07, 6.45) is 26.5. The minimum Gasteiger partial charge on any atom is -0.332 e. The highest BCUT2D eigenvalue weighted by Crippen LogP contribution is 2.58. The normalized spacial score (nSPS) is 27.3. The highest BCUT2D eigenvalue weighted by molar-refractivity contribution is 5.79. The van der Waals surface area contributed by atoms with Gasteiger partial charge in [0, 0.05) is 62.5 Å². The van der Waals surface area contributed by atoms with E-state index in [0.29, 0.717) is 36.5 Å². The molecule has 6 atom stereocenters. The zero-order chi connectivity index (χ0) is 43.4. The number of aromatic amines is 2. The van der Waals surface area contributed by atoms with Crippen LogP contribution in [0.3, 0.4) is 0 Å². The number of unbranched alkanes of at least 4 members (excludes halogenated alkanes) is 9. The fraction of sp³-hybridized carbons (Fsp3) is 0.692. The summed E-state index contributed by atoms with van der Waals surface area (Å²) in [6, 6.07) is 7.37. The number of hydrogen-bond acceptors (Lipinski definition) is 6. The van der Waals surface area contributed by atoms with Gasteiger partial charge in [0.05, 0.1) is 11.1 Å². The standard InChI is InChI=1S/C52H76N6O4/c1-37-31-39-33-45-43(19-21-47(59)53-45)51(35-37)41(39)17-15-27-57(51)49(61)23-29-55(3)25-13-11-9-7-5-6-8-10-12-14-26-56(4)30-24-50(62)58-28-16-18-42-40-32-38(2)36-52(42,58)44-20-22-48(60)54-46(44)34-40/h19-22,31-32,39-42H,5-18,23-30,33-36H2,1-4H3,(H,53,59)(H,54,60)/t39-,40-,41-,42-,51+,52+/m1/s1. The van der Waals surface area contributed by atoms with Crippen LogP contribution in [0.4, 0.5) is 0 Å². The van der Waals surface area contributed by atoms with Crippen molar-refractivity contribution in [2.75, 3.05) is 53.4 Å². The summed E-state index contributed by atoms with van der Waals surface area (Å²) >= 11 is 0. The molecule has 62 heavy (non-hydrogen) atoms. The van der Waals surface area contributed by atoms with Crippen LogP contribution in [0, 0.1) is 23.7 Å². The molecule has 2 N–H and O–H groups in total. The van der Waals surface area contributed by atoms with Crippen LogP contribution < -0.4 is 11.1 Å². The van der Waals surface area contributed by atoms with Crippen molar-refractivity contribution in [3.63, 3.8) is 0 Å². The van der Waals surface area contributed by atoms with E-state index >= 15 is 0 Å². The predicted octanol–water partition coefficient (Wildman–Crippen LogP) is 8.22. The lowest BCUT2D eigenvalue weighted by molar-refractivity contribution is -0.149. The second kappa shape index (κ2) is 19.5. The van der Waals surface area contributed by atoms with Gasteiger partial charge < -0.3 is 29.6 Å². The fourth-order valence-corrected chi connectivity index (χ4v) is 13.6. The lowest BCUT2D eigenvalue weighted by atomic mass is 9.56. The van der Waals surface area contributed by atoms with Crippen molar-refractivity contribution in [3.8, 4) is 0 Å². The molecule has 2 aliphatic heterocycles. The van der Waals surface area contributed by atoms with Crippen LogP contribution in [0.1, 0.15) is 152 Å². The minimum absolute atomic E-state index is 0.0450. The Morgan fingerprint density at radius 2 is 0.984 bits per heavy atom. The van der Waals surface area contributed by atoms with Crippen LogP contribution >= 0.6 is 0 Å². The summed E-state index contributed by atoms with van der Waals surface area (Å²) in [4.78, 5) is 68.0. The Bertz CT molecular complexity index is 1960. The molecule has 2 fully saturated rings. The number of allylic oxidation sites excluding steroid dienone is 2. The van der Waals surface area contributed by atoms with Gasteiger partial charge in [-0.3, -0.25) is 19.2 Å². The Morgan fingerprint density at radius 1 is 0.597 bits per heavy atom. The number of piperidine rings is 2. The molecule has 2 aromatic rings. The third-order valence-corrected chi connectivity index (χ3v) is 16.3. The summed E-state index contributed by atoms with van der Waals surface area (Å²) in [7, 11) is 4.33. The third-order valence-electron chi connectivity index (χ3n) is 16.3. The highest BCUT2D eigenvalue weighted by Gasteiger charge is 2.58. The maximum Gasteiger partial charge on any atom is 0.248 e. The van der Waals surface area contributed by atoms with Crippen LogP contribution in [0.25, 0.3) is 0 Å². The first kappa shape index (κ1) is 44.8. The van der Waals surface area contributed by atoms with E-state index in [0.717, 1.165) is 102 Å². The van der Waals surface area contributed by atoms with Gasteiger partial charge in [-0.1, -0.05) is 74.7 Å². The van der Waals surface area contributed by atoms with Crippen LogP contribution in [-0.4, -0.2) is 94.7 Å². The molecule has 2 amide bonds. The first-order chi connectivity index (χ1) is 30.0. The molecule has 0 aromatic carbocycles. The predicted molar refractivity (Wildman–Crippen MR) is 248 cm³/mol. The monoisotopic (exact) mass is 849 g/mol. The van der Waals surface area contributed by atoms with Gasteiger partial charge in [0.25, 0.3) is 0 Å². The van der Waals surface area contributed by atoms with E-state index in [1.165, 1.54) is 86.5 Å².